The molecule has 0 spiro atoms. The second-order valence-corrected chi connectivity index (χ2v) is 8.25. The number of carbonyl (C=O) groups excluding carboxylic acids is 2. The van der Waals surface area contributed by atoms with Gasteiger partial charge >= 0.3 is 5.97 Å². The van der Waals surface area contributed by atoms with E-state index in [1.165, 1.54) is 55.6 Å². The molecule has 0 saturated heterocycles. The Kier molecular flexibility index (Phi) is 7.22. The number of methoxy groups -OCH3 is 1. The second kappa shape index (κ2) is 9.42. The maximum Gasteiger partial charge on any atom is 0.337 e. The van der Waals surface area contributed by atoms with Crippen LogP contribution in [0.15, 0.2) is 53.4 Å². The van der Waals surface area contributed by atoms with Crippen molar-refractivity contribution in [2.45, 2.75) is 37.8 Å². The Morgan fingerprint density at radius 2 is 1.52 bits per heavy atom. The van der Waals surface area contributed by atoms with Gasteiger partial charge in [0.1, 0.15) is 5.75 Å². The third-order valence-corrected chi connectivity index (χ3v) is 5.20. The van der Waals surface area contributed by atoms with Gasteiger partial charge in [-0.25, -0.2) is 13.2 Å². The van der Waals surface area contributed by atoms with Gasteiger partial charge in [0.05, 0.1) is 17.6 Å². The standard InChI is InChI=1S/C20H24N2O6S/c1-13(2)21-19(23)14(3)28-17-9-11-18(12-10-17)29(25,26)22-16-7-5-15(6-8-16)20(24)27-4/h5-14,22H,1-4H3,(H,21,23)/t14-/m0/s1. The number of esters is 1. The number of hydrogen-bond acceptors (Lipinski definition) is 6. The molecule has 1 amide bonds. The molecule has 0 radical (unpaired) electrons. The van der Waals surface area contributed by atoms with Crippen LogP contribution >= 0.6 is 0 Å². The van der Waals surface area contributed by atoms with E-state index in [-0.39, 0.29) is 16.8 Å². The molecule has 2 aromatic carbocycles. The Bertz CT molecular complexity index is 953. The molecule has 2 rings (SSSR count). The van der Waals surface area contributed by atoms with Gasteiger partial charge < -0.3 is 14.8 Å². The van der Waals surface area contributed by atoms with Crippen LogP contribution in [-0.2, 0) is 19.6 Å². The van der Waals surface area contributed by atoms with Gasteiger partial charge in [-0.2, -0.15) is 0 Å². The van der Waals surface area contributed by atoms with Crippen molar-refractivity contribution in [2.24, 2.45) is 0 Å². The number of hydrogen-bond donors (Lipinski definition) is 2. The molecular formula is C20H24N2O6S. The number of amides is 1. The Labute approximate surface area is 170 Å². The smallest absolute Gasteiger partial charge is 0.337 e. The summed E-state index contributed by atoms with van der Waals surface area (Å²) in [6.07, 6.45) is -0.716. The molecule has 2 N–H and O–H groups in total. The third kappa shape index (κ3) is 6.21. The minimum atomic E-state index is -3.83. The maximum absolute atomic E-state index is 12.5. The molecule has 156 valence electrons. The van der Waals surface area contributed by atoms with Crippen molar-refractivity contribution in [3.05, 3.63) is 54.1 Å². The Hall–Kier alpha value is -3.07. The lowest BCUT2D eigenvalue weighted by molar-refractivity contribution is -0.127. The number of carbonyl (C=O) groups is 2. The zero-order chi connectivity index (χ0) is 21.6. The van der Waals surface area contributed by atoms with Gasteiger partial charge in [-0.15, -0.1) is 0 Å². The summed E-state index contributed by atoms with van der Waals surface area (Å²) in [4.78, 5) is 23.4. The van der Waals surface area contributed by atoms with Gasteiger partial charge in [0, 0.05) is 11.7 Å². The fourth-order valence-electron chi connectivity index (χ4n) is 2.36. The molecule has 0 unspecified atom stereocenters. The first kappa shape index (κ1) is 22.2. The second-order valence-electron chi connectivity index (χ2n) is 6.57. The fourth-order valence-corrected chi connectivity index (χ4v) is 3.42. The van der Waals surface area contributed by atoms with E-state index in [0.29, 0.717) is 17.0 Å². The molecule has 9 heteroatoms. The monoisotopic (exact) mass is 420 g/mol. The number of ether oxygens (including phenoxy) is 2. The Morgan fingerprint density at radius 1 is 0.931 bits per heavy atom. The van der Waals surface area contributed by atoms with Crippen LogP contribution in [0.5, 0.6) is 5.75 Å². The van der Waals surface area contributed by atoms with Crippen LogP contribution in [-0.4, -0.2) is 39.5 Å². The summed E-state index contributed by atoms with van der Waals surface area (Å²) in [6.45, 7) is 5.31. The van der Waals surface area contributed by atoms with Gasteiger partial charge in [0.2, 0.25) is 0 Å². The highest BCUT2D eigenvalue weighted by Gasteiger charge is 2.17. The van der Waals surface area contributed by atoms with Crippen LogP contribution in [0.2, 0.25) is 0 Å². The predicted molar refractivity (Wildman–Crippen MR) is 108 cm³/mol. The van der Waals surface area contributed by atoms with Gasteiger partial charge in [-0.1, -0.05) is 0 Å². The lowest BCUT2D eigenvalue weighted by Gasteiger charge is -2.16. The lowest BCUT2D eigenvalue weighted by atomic mass is 10.2. The average Bonchev–Trinajstić information content (AvgIpc) is 2.67. The summed E-state index contributed by atoms with van der Waals surface area (Å²) in [5.74, 6) is -0.391. The van der Waals surface area contributed by atoms with Crippen molar-refractivity contribution in [3.63, 3.8) is 0 Å². The Balaban J connectivity index is 2.06. The van der Waals surface area contributed by atoms with Crippen LogP contribution in [0.1, 0.15) is 31.1 Å². The van der Waals surface area contributed by atoms with E-state index < -0.39 is 22.1 Å². The SMILES string of the molecule is COC(=O)c1ccc(NS(=O)(=O)c2ccc(O[C@@H](C)C(=O)NC(C)C)cc2)cc1. The van der Waals surface area contributed by atoms with E-state index in [4.69, 9.17) is 4.74 Å². The molecule has 0 aliphatic rings. The van der Waals surface area contributed by atoms with Crippen LogP contribution in [0.4, 0.5) is 5.69 Å². The summed E-state index contributed by atoms with van der Waals surface area (Å²) in [5, 5.41) is 2.74. The molecule has 0 aliphatic heterocycles. The highest BCUT2D eigenvalue weighted by Crippen LogP contribution is 2.20. The number of benzene rings is 2. The molecule has 2 aromatic rings. The molecule has 0 heterocycles. The molecule has 0 aromatic heterocycles. The lowest BCUT2D eigenvalue weighted by Crippen LogP contribution is -2.40. The molecule has 29 heavy (non-hydrogen) atoms. The van der Waals surface area contributed by atoms with E-state index in [0.717, 1.165) is 0 Å². The molecule has 1 atom stereocenters. The number of nitrogens with one attached hydrogen (secondary N) is 2. The van der Waals surface area contributed by atoms with Crippen molar-refractivity contribution in [1.82, 2.24) is 5.32 Å². The fraction of sp³-hybridized carbons (Fsp3) is 0.300. The number of sulfonamides is 1. The first-order valence-corrected chi connectivity index (χ1v) is 10.4. The third-order valence-electron chi connectivity index (χ3n) is 3.81. The van der Waals surface area contributed by atoms with Gasteiger partial charge in [-0.3, -0.25) is 9.52 Å². The number of rotatable bonds is 8. The van der Waals surface area contributed by atoms with Crippen LogP contribution in [0.3, 0.4) is 0 Å². The van der Waals surface area contributed by atoms with Gasteiger partial charge in [0.15, 0.2) is 6.10 Å². The van der Waals surface area contributed by atoms with Crippen molar-refractivity contribution in [1.29, 1.82) is 0 Å². The van der Waals surface area contributed by atoms with Crippen molar-refractivity contribution in [2.75, 3.05) is 11.8 Å². The molecule has 0 saturated carbocycles. The van der Waals surface area contributed by atoms with Crippen molar-refractivity contribution < 1.29 is 27.5 Å². The highest BCUT2D eigenvalue weighted by atomic mass is 32.2. The maximum atomic E-state index is 12.5. The van der Waals surface area contributed by atoms with Crippen molar-refractivity contribution >= 4 is 27.6 Å². The van der Waals surface area contributed by atoms with Gasteiger partial charge in [-0.05, 0) is 69.3 Å². The highest BCUT2D eigenvalue weighted by molar-refractivity contribution is 7.92. The van der Waals surface area contributed by atoms with E-state index >= 15 is 0 Å². The zero-order valence-electron chi connectivity index (χ0n) is 16.6. The van der Waals surface area contributed by atoms with Crippen molar-refractivity contribution in [3.8, 4) is 5.75 Å². The molecule has 8 nitrogen and oxygen atoms in total. The van der Waals surface area contributed by atoms with Crippen LogP contribution < -0.4 is 14.8 Å². The quantitative estimate of drug-likeness (QED) is 0.635. The molecule has 0 fully saturated rings. The van der Waals surface area contributed by atoms with E-state index in [1.807, 2.05) is 13.8 Å². The first-order valence-electron chi connectivity index (χ1n) is 8.90. The Morgan fingerprint density at radius 3 is 2.03 bits per heavy atom. The summed E-state index contributed by atoms with van der Waals surface area (Å²) in [5.41, 5.74) is 0.615. The predicted octanol–water partition coefficient (Wildman–Crippen LogP) is 2.57. The van der Waals surface area contributed by atoms with Crippen LogP contribution in [0.25, 0.3) is 0 Å². The van der Waals surface area contributed by atoms with E-state index in [2.05, 4.69) is 14.8 Å². The minimum Gasteiger partial charge on any atom is -0.481 e. The van der Waals surface area contributed by atoms with Crippen LogP contribution in [0, 0.1) is 0 Å². The average molecular weight is 420 g/mol. The zero-order valence-corrected chi connectivity index (χ0v) is 17.4. The minimum absolute atomic E-state index is 0.00571. The summed E-state index contributed by atoms with van der Waals surface area (Å²) < 4.78 is 37.6. The van der Waals surface area contributed by atoms with E-state index in [1.54, 1.807) is 6.92 Å². The summed E-state index contributed by atoms with van der Waals surface area (Å²) in [6, 6.07) is 11.6. The number of anilines is 1. The first-order chi connectivity index (χ1) is 13.6. The van der Waals surface area contributed by atoms with Gasteiger partial charge in [0.25, 0.3) is 15.9 Å². The molecule has 0 aliphatic carbocycles. The molecule has 0 bridgehead atoms. The largest absolute Gasteiger partial charge is 0.481 e. The summed E-state index contributed by atoms with van der Waals surface area (Å²) >= 11 is 0. The summed E-state index contributed by atoms with van der Waals surface area (Å²) in [7, 11) is -2.56. The van der Waals surface area contributed by atoms with E-state index in [9.17, 15) is 18.0 Å². The topological polar surface area (TPSA) is 111 Å². The normalized spacial score (nSPS) is 12.2. The molecular weight excluding hydrogens is 396 g/mol.